The lowest BCUT2D eigenvalue weighted by Crippen LogP contribution is -2.14. The van der Waals surface area contributed by atoms with Crippen LogP contribution >= 0.6 is 0 Å². The van der Waals surface area contributed by atoms with Crippen LogP contribution in [0.2, 0.25) is 0 Å². The molecule has 0 aromatic heterocycles. The molecule has 0 heterocycles. The molecule has 0 heteroatoms. The first-order chi connectivity index (χ1) is 7.55. The van der Waals surface area contributed by atoms with Crippen molar-refractivity contribution in [2.75, 3.05) is 0 Å². The molecule has 0 bridgehead atoms. The van der Waals surface area contributed by atoms with Crippen LogP contribution in [0.15, 0.2) is 24.3 Å². The molecule has 0 nitrogen and oxygen atoms in total. The molecule has 1 aromatic rings. The second kappa shape index (κ2) is 6.08. The number of hydrogen-bond donors (Lipinski definition) is 0. The highest BCUT2D eigenvalue weighted by molar-refractivity contribution is 5.32. The van der Waals surface area contributed by atoms with Gasteiger partial charge in [0.05, 0.1) is 0 Å². The van der Waals surface area contributed by atoms with Crippen molar-refractivity contribution in [3.05, 3.63) is 35.4 Å². The molecule has 0 aliphatic rings. The van der Waals surface area contributed by atoms with Crippen LogP contribution in [0.25, 0.3) is 0 Å². The molecule has 90 valence electrons. The second-order valence-corrected chi connectivity index (χ2v) is 5.72. The Balaban J connectivity index is 2.65. The summed E-state index contributed by atoms with van der Waals surface area (Å²) in [5.41, 5.74) is 3.35. The zero-order valence-corrected chi connectivity index (χ0v) is 11.3. The summed E-state index contributed by atoms with van der Waals surface area (Å²) in [6.45, 7) is 9.18. The van der Waals surface area contributed by atoms with Crippen LogP contribution < -0.4 is 0 Å². The molecule has 0 radical (unpaired) electrons. The monoisotopic (exact) mass is 218 g/mol. The van der Waals surface area contributed by atoms with Crippen molar-refractivity contribution in [3.8, 4) is 0 Å². The molecule has 0 fully saturated rings. The Morgan fingerprint density at radius 2 is 1.62 bits per heavy atom. The van der Waals surface area contributed by atoms with Crippen molar-refractivity contribution < 1.29 is 0 Å². The normalized spacial score (nSPS) is 11.8. The van der Waals surface area contributed by atoms with Gasteiger partial charge in [-0.05, 0) is 29.4 Å². The highest BCUT2D eigenvalue weighted by atomic mass is 14.2. The summed E-state index contributed by atoms with van der Waals surface area (Å²) >= 11 is 0. The molecule has 0 aliphatic heterocycles. The zero-order valence-electron chi connectivity index (χ0n) is 11.3. The first-order valence-corrected chi connectivity index (χ1v) is 6.64. The Morgan fingerprint density at radius 3 is 2.25 bits per heavy atom. The third-order valence-electron chi connectivity index (χ3n) is 3.13. The summed E-state index contributed by atoms with van der Waals surface area (Å²) in [5, 5.41) is 0. The fraction of sp³-hybridized carbons (Fsp3) is 0.625. The first-order valence-electron chi connectivity index (χ1n) is 6.64. The Kier molecular flexibility index (Phi) is 5.05. The maximum atomic E-state index is 2.30. The highest BCUT2D eigenvalue weighted by Crippen LogP contribution is 2.26. The molecule has 0 saturated carbocycles. The van der Waals surface area contributed by atoms with Crippen LogP contribution in [0.1, 0.15) is 64.5 Å². The lowest BCUT2D eigenvalue weighted by molar-refractivity contribution is 0.576. The molecule has 0 saturated heterocycles. The maximum Gasteiger partial charge on any atom is -0.0129 e. The standard InChI is InChI=1S/C16H26/c1-5-6-7-8-11-14-12-9-10-13-15(14)16(2,3)4/h9-10,12-13H,5-8,11H2,1-4H3. The first kappa shape index (κ1) is 13.3. The molecule has 0 aliphatic carbocycles. The Labute approximate surface area is 101 Å². The molecule has 16 heavy (non-hydrogen) atoms. The zero-order chi connectivity index (χ0) is 12.0. The molecular weight excluding hydrogens is 192 g/mol. The Hall–Kier alpha value is -0.780. The van der Waals surface area contributed by atoms with Gasteiger partial charge in [0.25, 0.3) is 0 Å². The Bertz CT molecular complexity index is 304. The van der Waals surface area contributed by atoms with Gasteiger partial charge in [-0.15, -0.1) is 0 Å². The molecule has 0 unspecified atom stereocenters. The largest absolute Gasteiger partial charge is 0.0654 e. The third-order valence-corrected chi connectivity index (χ3v) is 3.13. The summed E-state index contributed by atoms with van der Waals surface area (Å²) < 4.78 is 0. The van der Waals surface area contributed by atoms with E-state index >= 15 is 0 Å². The van der Waals surface area contributed by atoms with E-state index in [4.69, 9.17) is 0 Å². The topological polar surface area (TPSA) is 0 Å². The number of benzene rings is 1. The minimum absolute atomic E-state index is 0.279. The summed E-state index contributed by atoms with van der Waals surface area (Å²) in [5.74, 6) is 0. The predicted octanol–water partition coefficient (Wildman–Crippen LogP) is 5.11. The fourth-order valence-electron chi connectivity index (χ4n) is 2.21. The van der Waals surface area contributed by atoms with Crippen molar-refractivity contribution in [2.45, 2.75) is 65.2 Å². The van der Waals surface area contributed by atoms with Crippen LogP contribution in [0.4, 0.5) is 0 Å². The number of hydrogen-bond acceptors (Lipinski definition) is 0. The molecule has 0 spiro atoms. The minimum atomic E-state index is 0.279. The maximum absolute atomic E-state index is 2.30. The van der Waals surface area contributed by atoms with E-state index in [0.717, 1.165) is 0 Å². The smallest absolute Gasteiger partial charge is 0.0129 e. The molecule has 0 amide bonds. The van der Waals surface area contributed by atoms with Gasteiger partial charge in [0, 0.05) is 0 Å². The number of rotatable bonds is 5. The van der Waals surface area contributed by atoms with Gasteiger partial charge in [-0.1, -0.05) is 71.2 Å². The molecule has 1 aromatic carbocycles. The van der Waals surface area contributed by atoms with E-state index in [9.17, 15) is 0 Å². The van der Waals surface area contributed by atoms with Crippen LogP contribution in [0, 0.1) is 0 Å². The lowest BCUT2D eigenvalue weighted by atomic mass is 9.82. The van der Waals surface area contributed by atoms with Gasteiger partial charge in [0.1, 0.15) is 0 Å². The van der Waals surface area contributed by atoms with Crippen LogP contribution in [0.3, 0.4) is 0 Å². The van der Waals surface area contributed by atoms with Crippen LogP contribution in [-0.4, -0.2) is 0 Å². The summed E-state index contributed by atoms with van der Waals surface area (Å²) in [7, 11) is 0. The summed E-state index contributed by atoms with van der Waals surface area (Å²) in [4.78, 5) is 0. The van der Waals surface area contributed by atoms with Gasteiger partial charge in [-0.3, -0.25) is 0 Å². The average molecular weight is 218 g/mol. The van der Waals surface area contributed by atoms with Gasteiger partial charge in [-0.2, -0.15) is 0 Å². The third kappa shape index (κ3) is 4.00. The van der Waals surface area contributed by atoms with Crippen molar-refractivity contribution >= 4 is 0 Å². The fourth-order valence-corrected chi connectivity index (χ4v) is 2.21. The van der Waals surface area contributed by atoms with Gasteiger partial charge in [0.2, 0.25) is 0 Å². The van der Waals surface area contributed by atoms with Crippen molar-refractivity contribution in [1.82, 2.24) is 0 Å². The van der Waals surface area contributed by atoms with E-state index in [1.807, 2.05) is 0 Å². The lowest BCUT2D eigenvalue weighted by Gasteiger charge is -2.22. The highest BCUT2D eigenvalue weighted by Gasteiger charge is 2.16. The van der Waals surface area contributed by atoms with Crippen LogP contribution in [-0.2, 0) is 11.8 Å². The minimum Gasteiger partial charge on any atom is -0.0654 e. The second-order valence-electron chi connectivity index (χ2n) is 5.72. The van der Waals surface area contributed by atoms with Crippen molar-refractivity contribution in [1.29, 1.82) is 0 Å². The molecule has 0 N–H and O–H groups in total. The summed E-state index contributed by atoms with van der Waals surface area (Å²) in [6.07, 6.45) is 6.64. The van der Waals surface area contributed by atoms with Gasteiger partial charge >= 0.3 is 0 Å². The van der Waals surface area contributed by atoms with E-state index in [1.54, 1.807) is 5.56 Å². The summed E-state index contributed by atoms with van der Waals surface area (Å²) in [6, 6.07) is 8.92. The molecule has 0 atom stereocenters. The van der Waals surface area contributed by atoms with E-state index in [1.165, 1.54) is 37.7 Å². The van der Waals surface area contributed by atoms with E-state index in [2.05, 4.69) is 52.0 Å². The van der Waals surface area contributed by atoms with Crippen molar-refractivity contribution in [2.24, 2.45) is 0 Å². The van der Waals surface area contributed by atoms with Gasteiger partial charge in [0.15, 0.2) is 0 Å². The molecule has 1 rings (SSSR count). The average Bonchev–Trinajstić information content (AvgIpc) is 2.24. The number of aryl methyl sites for hydroxylation is 1. The molecular formula is C16H26. The van der Waals surface area contributed by atoms with Crippen LogP contribution in [0.5, 0.6) is 0 Å². The van der Waals surface area contributed by atoms with E-state index < -0.39 is 0 Å². The Morgan fingerprint density at radius 1 is 0.938 bits per heavy atom. The van der Waals surface area contributed by atoms with E-state index in [0.29, 0.717) is 0 Å². The number of unbranched alkanes of at least 4 members (excludes halogenated alkanes) is 3. The van der Waals surface area contributed by atoms with Crippen molar-refractivity contribution in [3.63, 3.8) is 0 Å². The quantitative estimate of drug-likeness (QED) is 0.603. The van der Waals surface area contributed by atoms with Gasteiger partial charge in [-0.25, -0.2) is 0 Å². The van der Waals surface area contributed by atoms with E-state index in [-0.39, 0.29) is 5.41 Å². The predicted molar refractivity (Wildman–Crippen MR) is 73.0 cm³/mol. The van der Waals surface area contributed by atoms with Gasteiger partial charge < -0.3 is 0 Å². The SMILES string of the molecule is CCCCCCc1ccccc1C(C)(C)C.